The van der Waals surface area contributed by atoms with Gasteiger partial charge >= 0.3 is 0 Å². The zero-order valence-electron chi connectivity index (χ0n) is 10.4. The van der Waals surface area contributed by atoms with Gasteiger partial charge in [-0.3, -0.25) is 4.79 Å². The predicted octanol–water partition coefficient (Wildman–Crippen LogP) is 2.69. The van der Waals surface area contributed by atoms with E-state index in [0.717, 1.165) is 5.56 Å². The van der Waals surface area contributed by atoms with E-state index in [1.54, 1.807) is 23.6 Å². The number of carbonyl (C=O) groups excluding carboxylic acids is 1. The van der Waals surface area contributed by atoms with Crippen LogP contribution in [0.1, 0.15) is 33.8 Å². The third kappa shape index (κ3) is 2.92. The molecule has 1 atom stereocenters. The Balaban J connectivity index is 2.08. The summed E-state index contributed by atoms with van der Waals surface area (Å²) in [6.07, 6.45) is 0. The number of hydrogen-bond acceptors (Lipinski definition) is 4. The van der Waals surface area contributed by atoms with Crippen molar-refractivity contribution in [3.05, 3.63) is 51.7 Å². The van der Waals surface area contributed by atoms with Crippen LogP contribution in [0.15, 0.2) is 35.7 Å². The molecular weight excluding hydrogens is 258 g/mol. The highest BCUT2D eigenvalue weighted by molar-refractivity contribution is 7.12. The Labute approximate surface area is 115 Å². The van der Waals surface area contributed by atoms with E-state index in [9.17, 15) is 4.79 Å². The Kier molecular flexibility index (Phi) is 3.83. The van der Waals surface area contributed by atoms with Gasteiger partial charge in [-0.2, -0.15) is 5.26 Å². The van der Waals surface area contributed by atoms with Gasteiger partial charge in [0.05, 0.1) is 23.4 Å². The highest BCUT2D eigenvalue weighted by Gasteiger charge is 2.14. The molecule has 0 radical (unpaired) electrons. The molecule has 1 heterocycles. The Hall–Kier alpha value is -2.32. The summed E-state index contributed by atoms with van der Waals surface area (Å²) in [4.78, 5) is 12.5. The molecule has 2 rings (SSSR count). The van der Waals surface area contributed by atoms with Gasteiger partial charge in [0.2, 0.25) is 0 Å². The standard InChI is InChI=1S/C14H13N3OS/c1-9(11-4-2-10(8-15)3-5-11)17-14(18)13-12(16)6-7-19-13/h2-7,9H,16H2,1H3,(H,17,18). The number of hydrogen-bond donors (Lipinski definition) is 2. The molecule has 1 unspecified atom stereocenters. The lowest BCUT2D eigenvalue weighted by Gasteiger charge is -2.14. The highest BCUT2D eigenvalue weighted by atomic mass is 32.1. The molecule has 3 N–H and O–H groups in total. The Morgan fingerprint density at radius 1 is 1.37 bits per heavy atom. The van der Waals surface area contributed by atoms with Gasteiger partial charge in [0, 0.05) is 0 Å². The van der Waals surface area contributed by atoms with Crippen LogP contribution < -0.4 is 11.1 Å². The highest BCUT2D eigenvalue weighted by Crippen LogP contribution is 2.20. The van der Waals surface area contributed by atoms with E-state index in [2.05, 4.69) is 11.4 Å². The third-order valence-electron chi connectivity index (χ3n) is 2.79. The summed E-state index contributed by atoms with van der Waals surface area (Å²) >= 11 is 1.32. The third-order valence-corrected chi connectivity index (χ3v) is 3.72. The number of anilines is 1. The van der Waals surface area contributed by atoms with Crippen LogP contribution in [0.2, 0.25) is 0 Å². The van der Waals surface area contributed by atoms with E-state index in [-0.39, 0.29) is 11.9 Å². The van der Waals surface area contributed by atoms with Gasteiger partial charge in [0.25, 0.3) is 5.91 Å². The number of nitrogens with two attached hydrogens (primary N) is 1. The van der Waals surface area contributed by atoms with Crippen LogP contribution in [-0.2, 0) is 0 Å². The van der Waals surface area contributed by atoms with Gasteiger partial charge in [0.1, 0.15) is 4.88 Å². The van der Waals surface area contributed by atoms with Gasteiger partial charge in [-0.1, -0.05) is 12.1 Å². The van der Waals surface area contributed by atoms with Crippen LogP contribution in [-0.4, -0.2) is 5.91 Å². The molecule has 0 bridgehead atoms. The van der Waals surface area contributed by atoms with Gasteiger partial charge in [0.15, 0.2) is 0 Å². The van der Waals surface area contributed by atoms with Gasteiger partial charge < -0.3 is 11.1 Å². The Morgan fingerprint density at radius 2 is 2.05 bits per heavy atom. The van der Waals surface area contributed by atoms with Crippen molar-refractivity contribution in [3.63, 3.8) is 0 Å². The monoisotopic (exact) mass is 271 g/mol. The molecule has 1 amide bonds. The summed E-state index contributed by atoms with van der Waals surface area (Å²) < 4.78 is 0. The van der Waals surface area contributed by atoms with Crippen molar-refractivity contribution < 1.29 is 4.79 Å². The molecule has 0 aliphatic heterocycles. The molecule has 0 fully saturated rings. The van der Waals surface area contributed by atoms with E-state index < -0.39 is 0 Å². The number of thiophene rings is 1. The van der Waals surface area contributed by atoms with E-state index in [1.807, 2.05) is 19.1 Å². The first kappa shape index (κ1) is 13.1. The lowest BCUT2D eigenvalue weighted by atomic mass is 10.1. The topological polar surface area (TPSA) is 78.9 Å². The first-order chi connectivity index (χ1) is 9.11. The molecule has 2 aromatic rings. The Morgan fingerprint density at radius 3 is 2.58 bits per heavy atom. The minimum Gasteiger partial charge on any atom is -0.397 e. The lowest BCUT2D eigenvalue weighted by molar-refractivity contribution is 0.0945. The number of benzene rings is 1. The summed E-state index contributed by atoms with van der Waals surface area (Å²) in [6.45, 7) is 1.89. The van der Waals surface area contributed by atoms with Crippen LogP contribution >= 0.6 is 11.3 Å². The van der Waals surface area contributed by atoms with E-state index in [4.69, 9.17) is 11.0 Å². The van der Waals surface area contributed by atoms with E-state index >= 15 is 0 Å². The molecular formula is C14H13N3OS. The van der Waals surface area contributed by atoms with Crippen LogP contribution in [0, 0.1) is 11.3 Å². The van der Waals surface area contributed by atoms with Crippen molar-refractivity contribution >= 4 is 22.9 Å². The summed E-state index contributed by atoms with van der Waals surface area (Å²) in [6, 6.07) is 10.8. The normalized spacial score (nSPS) is 11.6. The second-order valence-corrected chi connectivity index (χ2v) is 5.05. The van der Waals surface area contributed by atoms with Crippen molar-refractivity contribution in [2.24, 2.45) is 0 Å². The van der Waals surface area contributed by atoms with Crippen LogP contribution in [0.4, 0.5) is 5.69 Å². The molecule has 1 aromatic carbocycles. The molecule has 5 heteroatoms. The number of rotatable bonds is 3. The fraction of sp³-hybridized carbons (Fsp3) is 0.143. The molecule has 19 heavy (non-hydrogen) atoms. The number of nitrogen functional groups attached to an aromatic ring is 1. The summed E-state index contributed by atoms with van der Waals surface area (Å²) in [5.41, 5.74) is 7.75. The average Bonchev–Trinajstić information content (AvgIpc) is 2.85. The fourth-order valence-electron chi connectivity index (χ4n) is 1.70. The number of carbonyl (C=O) groups is 1. The maximum atomic E-state index is 12.0. The molecule has 0 aliphatic rings. The van der Waals surface area contributed by atoms with Crippen molar-refractivity contribution in [3.8, 4) is 6.07 Å². The second kappa shape index (κ2) is 5.55. The van der Waals surface area contributed by atoms with Crippen molar-refractivity contribution in [1.29, 1.82) is 5.26 Å². The van der Waals surface area contributed by atoms with Crippen molar-refractivity contribution in [2.75, 3.05) is 5.73 Å². The van der Waals surface area contributed by atoms with Crippen molar-refractivity contribution in [1.82, 2.24) is 5.32 Å². The van der Waals surface area contributed by atoms with Crippen molar-refractivity contribution in [2.45, 2.75) is 13.0 Å². The lowest BCUT2D eigenvalue weighted by Crippen LogP contribution is -2.26. The molecule has 4 nitrogen and oxygen atoms in total. The largest absolute Gasteiger partial charge is 0.397 e. The fourth-order valence-corrected chi connectivity index (χ4v) is 2.42. The van der Waals surface area contributed by atoms with Gasteiger partial charge in [-0.15, -0.1) is 11.3 Å². The molecule has 0 saturated heterocycles. The minimum absolute atomic E-state index is 0.137. The first-order valence-electron chi connectivity index (χ1n) is 5.75. The minimum atomic E-state index is -0.177. The maximum absolute atomic E-state index is 12.0. The van der Waals surface area contributed by atoms with Crippen LogP contribution in [0.3, 0.4) is 0 Å². The zero-order valence-corrected chi connectivity index (χ0v) is 11.2. The number of nitrogens with one attached hydrogen (secondary N) is 1. The number of amides is 1. The maximum Gasteiger partial charge on any atom is 0.263 e. The van der Waals surface area contributed by atoms with E-state index in [1.165, 1.54) is 11.3 Å². The molecule has 96 valence electrons. The van der Waals surface area contributed by atoms with Gasteiger partial charge in [-0.05, 0) is 36.1 Å². The van der Waals surface area contributed by atoms with Crippen LogP contribution in [0.5, 0.6) is 0 Å². The molecule has 0 saturated carbocycles. The summed E-state index contributed by atoms with van der Waals surface area (Å²) in [5, 5.41) is 13.4. The SMILES string of the molecule is CC(NC(=O)c1sccc1N)c1ccc(C#N)cc1. The quantitative estimate of drug-likeness (QED) is 0.900. The smallest absolute Gasteiger partial charge is 0.263 e. The zero-order chi connectivity index (χ0) is 13.8. The van der Waals surface area contributed by atoms with E-state index in [0.29, 0.717) is 16.1 Å². The number of nitriles is 1. The average molecular weight is 271 g/mol. The predicted molar refractivity (Wildman–Crippen MR) is 75.8 cm³/mol. The first-order valence-corrected chi connectivity index (χ1v) is 6.63. The molecule has 0 aliphatic carbocycles. The van der Waals surface area contributed by atoms with Crippen LogP contribution in [0.25, 0.3) is 0 Å². The molecule has 0 spiro atoms. The van der Waals surface area contributed by atoms with Gasteiger partial charge in [-0.25, -0.2) is 0 Å². The molecule has 1 aromatic heterocycles. The summed E-state index contributed by atoms with van der Waals surface area (Å²) in [7, 11) is 0. The second-order valence-electron chi connectivity index (χ2n) is 4.13. The summed E-state index contributed by atoms with van der Waals surface area (Å²) in [5.74, 6) is -0.177. The Bertz CT molecular complexity index is 625. The number of nitrogens with zero attached hydrogens (tertiary/aromatic N) is 1.